The molecule has 0 saturated carbocycles. The summed E-state index contributed by atoms with van der Waals surface area (Å²) in [6, 6.07) is 9.45. The lowest BCUT2D eigenvalue weighted by Gasteiger charge is -2.10. The number of rotatable bonds is 2. The van der Waals surface area contributed by atoms with Crippen LogP contribution in [0.5, 0.6) is 0 Å². The molecule has 0 spiro atoms. The van der Waals surface area contributed by atoms with Crippen LogP contribution in [0.2, 0.25) is 4.34 Å². The Balaban J connectivity index is 2.39. The Hall–Kier alpha value is 0.130. The normalized spacial score (nSPS) is 12.8. The molecule has 1 aromatic heterocycles. The van der Waals surface area contributed by atoms with E-state index in [9.17, 15) is 5.11 Å². The van der Waals surface area contributed by atoms with E-state index in [1.807, 2.05) is 30.3 Å². The highest BCUT2D eigenvalue weighted by molar-refractivity contribution is 9.10. The van der Waals surface area contributed by atoms with Gasteiger partial charge in [-0.2, -0.15) is 0 Å². The lowest BCUT2D eigenvalue weighted by molar-refractivity contribution is 0.223. The minimum atomic E-state index is -0.649. The third-order valence-corrected chi connectivity index (χ3v) is 5.38. The summed E-state index contributed by atoms with van der Waals surface area (Å²) in [6.07, 6.45) is -0.649. The van der Waals surface area contributed by atoms with Gasteiger partial charge in [-0.15, -0.1) is 11.3 Å². The molecule has 1 heterocycles. The van der Waals surface area contributed by atoms with Gasteiger partial charge in [-0.05, 0) is 33.6 Å². The van der Waals surface area contributed by atoms with Gasteiger partial charge in [-0.1, -0.05) is 45.7 Å². The first kappa shape index (κ1) is 12.6. The number of halogens is 3. The van der Waals surface area contributed by atoms with Crippen LogP contribution in [-0.2, 0) is 0 Å². The lowest BCUT2D eigenvalue weighted by Crippen LogP contribution is -1.97. The van der Waals surface area contributed by atoms with Crippen molar-refractivity contribution in [3.63, 3.8) is 0 Å². The first-order chi connectivity index (χ1) is 7.59. The minimum absolute atomic E-state index is 0.649. The van der Waals surface area contributed by atoms with Gasteiger partial charge in [-0.25, -0.2) is 0 Å². The summed E-state index contributed by atoms with van der Waals surface area (Å²) < 4.78 is 2.37. The summed E-state index contributed by atoms with van der Waals surface area (Å²) >= 11 is 14.1. The van der Waals surface area contributed by atoms with Crippen LogP contribution in [0.1, 0.15) is 16.5 Å². The SMILES string of the molecule is OC(c1cc(Br)c(Cl)s1)c1ccccc1Br. The molecule has 84 valence electrons. The highest BCUT2D eigenvalue weighted by Gasteiger charge is 2.17. The number of aliphatic hydroxyl groups is 1. The first-order valence-electron chi connectivity index (χ1n) is 4.47. The van der Waals surface area contributed by atoms with Crippen molar-refractivity contribution in [1.29, 1.82) is 0 Å². The summed E-state index contributed by atoms with van der Waals surface area (Å²) in [7, 11) is 0. The molecule has 0 fully saturated rings. The van der Waals surface area contributed by atoms with Crippen molar-refractivity contribution in [2.45, 2.75) is 6.10 Å². The second-order valence-corrected chi connectivity index (χ2v) is 6.59. The standard InChI is InChI=1S/C11H7Br2ClOS/c12-7-4-2-1-3-6(7)10(15)9-5-8(13)11(14)16-9/h1-5,10,15H. The maximum absolute atomic E-state index is 10.2. The van der Waals surface area contributed by atoms with Crippen molar-refractivity contribution in [2.75, 3.05) is 0 Å². The lowest BCUT2D eigenvalue weighted by atomic mass is 10.1. The maximum Gasteiger partial charge on any atom is 0.114 e. The van der Waals surface area contributed by atoms with Crippen LogP contribution in [0.15, 0.2) is 39.3 Å². The number of aliphatic hydroxyl groups excluding tert-OH is 1. The smallest absolute Gasteiger partial charge is 0.114 e. The molecule has 5 heteroatoms. The molecule has 1 aromatic carbocycles. The van der Waals surface area contributed by atoms with E-state index in [1.54, 1.807) is 0 Å². The van der Waals surface area contributed by atoms with E-state index >= 15 is 0 Å². The van der Waals surface area contributed by atoms with E-state index < -0.39 is 6.10 Å². The van der Waals surface area contributed by atoms with Gasteiger partial charge >= 0.3 is 0 Å². The van der Waals surface area contributed by atoms with E-state index in [0.717, 1.165) is 19.4 Å². The molecule has 1 unspecified atom stereocenters. The highest BCUT2D eigenvalue weighted by Crippen LogP contribution is 2.38. The quantitative estimate of drug-likeness (QED) is 0.774. The predicted molar refractivity (Wildman–Crippen MR) is 75.2 cm³/mol. The van der Waals surface area contributed by atoms with Gasteiger partial charge in [0.25, 0.3) is 0 Å². The Labute approximate surface area is 119 Å². The van der Waals surface area contributed by atoms with Crippen molar-refractivity contribution in [3.05, 3.63) is 54.1 Å². The van der Waals surface area contributed by atoms with E-state index in [-0.39, 0.29) is 0 Å². The van der Waals surface area contributed by atoms with Crippen LogP contribution < -0.4 is 0 Å². The van der Waals surface area contributed by atoms with Gasteiger partial charge in [-0.3, -0.25) is 0 Å². The molecule has 16 heavy (non-hydrogen) atoms. The fourth-order valence-electron chi connectivity index (χ4n) is 1.35. The van der Waals surface area contributed by atoms with Crippen molar-refractivity contribution < 1.29 is 5.11 Å². The molecule has 0 aliphatic heterocycles. The fraction of sp³-hybridized carbons (Fsp3) is 0.0909. The molecule has 0 bridgehead atoms. The topological polar surface area (TPSA) is 20.2 Å². The molecule has 0 saturated heterocycles. The average molecular weight is 383 g/mol. The third kappa shape index (κ3) is 2.51. The fourth-order valence-corrected chi connectivity index (χ4v) is 3.59. The van der Waals surface area contributed by atoms with Crippen molar-refractivity contribution in [1.82, 2.24) is 0 Å². The highest BCUT2D eigenvalue weighted by atomic mass is 79.9. The average Bonchev–Trinajstić information content (AvgIpc) is 2.59. The molecular formula is C11H7Br2ClOS. The zero-order valence-electron chi connectivity index (χ0n) is 7.95. The maximum atomic E-state index is 10.2. The van der Waals surface area contributed by atoms with E-state index in [2.05, 4.69) is 31.9 Å². The summed E-state index contributed by atoms with van der Waals surface area (Å²) in [6.45, 7) is 0. The van der Waals surface area contributed by atoms with Gasteiger partial charge in [0, 0.05) is 13.8 Å². The van der Waals surface area contributed by atoms with Crippen LogP contribution in [0.3, 0.4) is 0 Å². The second kappa shape index (κ2) is 5.19. The molecule has 1 nitrogen and oxygen atoms in total. The Bertz CT molecular complexity index is 493. The van der Waals surface area contributed by atoms with Crippen LogP contribution in [0.4, 0.5) is 0 Å². The molecular weight excluding hydrogens is 375 g/mol. The van der Waals surface area contributed by atoms with E-state index in [1.165, 1.54) is 11.3 Å². The molecule has 2 aromatic rings. The molecule has 1 N–H and O–H groups in total. The van der Waals surface area contributed by atoms with Gasteiger partial charge in [0.05, 0.1) is 0 Å². The second-order valence-electron chi connectivity index (χ2n) is 3.19. The number of benzene rings is 1. The summed E-state index contributed by atoms with van der Waals surface area (Å²) in [5.74, 6) is 0. The largest absolute Gasteiger partial charge is 0.383 e. The zero-order valence-corrected chi connectivity index (χ0v) is 12.7. The van der Waals surface area contributed by atoms with Crippen LogP contribution >= 0.6 is 54.8 Å². The molecule has 0 amide bonds. The monoisotopic (exact) mass is 380 g/mol. The van der Waals surface area contributed by atoms with E-state index in [0.29, 0.717) is 4.34 Å². The van der Waals surface area contributed by atoms with Crippen molar-refractivity contribution in [3.8, 4) is 0 Å². The van der Waals surface area contributed by atoms with Gasteiger partial charge in [0.15, 0.2) is 0 Å². The van der Waals surface area contributed by atoms with Gasteiger partial charge in [0.2, 0.25) is 0 Å². The van der Waals surface area contributed by atoms with Crippen LogP contribution in [0, 0.1) is 0 Å². The Morgan fingerprint density at radius 1 is 1.19 bits per heavy atom. The minimum Gasteiger partial charge on any atom is -0.383 e. The molecule has 0 aliphatic carbocycles. The third-order valence-electron chi connectivity index (χ3n) is 2.13. The summed E-state index contributed by atoms with van der Waals surface area (Å²) in [4.78, 5) is 0.823. The predicted octanol–water partition coefficient (Wildman–Crippen LogP) is 5.01. The van der Waals surface area contributed by atoms with E-state index in [4.69, 9.17) is 11.6 Å². The molecule has 2 rings (SSSR count). The Kier molecular flexibility index (Phi) is 4.08. The summed E-state index contributed by atoms with van der Waals surface area (Å²) in [5.41, 5.74) is 0.841. The van der Waals surface area contributed by atoms with Gasteiger partial charge < -0.3 is 5.11 Å². The number of thiophene rings is 1. The number of hydrogen-bond donors (Lipinski definition) is 1. The van der Waals surface area contributed by atoms with Crippen molar-refractivity contribution in [2.24, 2.45) is 0 Å². The summed E-state index contributed by atoms with van der Waals surface area (Å²) in [5, 5.41) is 10.2. The van der Waals surface area contributed by atoms with Crippen LogP contribution in [-0.4, -0.2) is 5.11 Å². The molecule has 0 aliphatic rings. The Morgan fingerprint density at radius 2 is 1.88 bits per heavy atom. The first-order valence-corrected chi connectivity index (χ1v) is 7.25. The van der Waals surface area contributed by atoms with Crippen molar-refractivity contribution >= 4 is 54.8 Å². The van der Waals surface area contributed by atoms with Crippen LogP contribution in [0.25, 0.3) is 0 Å². The molecule has 1 atom stereocenters. The Morgan fingerprint density at radius 3 is 2.44 bits per heavy atom. The zero-order chi connectivity index (χ0) is 11.7. The number of hydrogen-bond acceptors (Lipinski definition) is 2. The molecule has 0 radical (unpaired) electrons. The van der Waals surface area contributed by atoms with Gasteiger partial charge in [0.1, 0.15) is 10.4 Å².